The smallest absolute Gasteiger partial charge is 0.220 e. The highest BCUT2D eigenvalue weighted by Crippen LogP contribution is 2.07. The number of amides is 1. The average molecular weight is 288 g/mol. The van der Waals surface area contributed by atoms with Crippen molar-refractivity contribution in [1.29, 1.82) is 0 Å². The number of hydrogen-bond donors (Lipinski definition) is 1. The Morgan fingerprint density at radius 3 is 2.75 bits per heavy atom. The van der Waals surface area contributed by atoms with Crippen LogP contribution in [0.3, 0.4) is 0 Å². The van der Waals surface area contributed by atoms with E-state index in [1.807, 2.05) is 0 Å². The van der Waals surface area contributed by atoms with Crippen molar-refractivity contribution >= 4 is 5.91 Å². The number of nitrogens with zero attached hydrogens (tertiary/aromatic N) is 1. The molecule has 0 radical (unpaired) electrons. The standard InChI is InChI=1S/C15H30N2O3.H2/c1-13(2)6-9-19-8-4-5-15(18)16-7-10-20-14-11-17(3)12-14;/h13-14H,4-12H2,1-3H3,(H,16,18);1H. The van der Waals surface area contributed by atoms with Gasteiger partial charge in [0.2, 0.25) is 5.91 Å². The number of hydrogen-bond acceptors (Lipinski definition) is 4. The van der Waals surface area contributed by atoms with E-state index in [1.54, 1.807) is 0 Å². The van der Waals surface area contributed by atoms with Gasteiger partial charge in [-0.05, 0) is 25.8 Å². The van der Waals surface area contributed by atoms with Gasteiger partial charge in [-0.3, -0.25) is 4.79 Å². The summed E-state index contributed by atoms with van der Waals surface area (Å²) < 4.78 is 11.1. The van der Waals surface area contributed by atoms with Crippen molar-refractivity contribution in [2.45, 2.75) is 39.2 Å². The number of likely N-dealkylation sites (tertiary alicyclic amines) is 1. The van der Waals surface area contributed by atoms with E-state index in [9.17, 15) is 4.79 Å². The van der Waals surface area contributed by atoms with Crippen LogP contribution in [0.15, 0.2) is 0 Å². The summed E-state index contributed by atoms with van der Waals surface area (Å²) in [6, 6.07) is 0. The monoisotopic (exact) mass is 288 g/mol. The number of nitrogens with one attached hydrogen (secondary N) is 1. The molecule has 0 aromatic rings. The zero-order valence-electron chi connectivity index (χ0n) is 13.2. The molecule has 5 nitrogen and oxygen atoms in total. The van der Waals surface area contributed by atoms with E-state index < -0.39 is 0 Å². The van der Waals surface area contributed by atoms with Crippen LogP contribution in [0.5, 0.6) is 0 Å². The molecule has 1 saturated heterocycles. The van der Waals surface area contributed by atoms with E-state index in [1.165, 1.54) is 0 Å². The number of carbonyl (C=O) groups is 1. The molecule has 0 saturated carbocycles. The Bertz CT molecular complexity index is 272. The molecular weight excluding hydrogens is 256 g/mol. The van der Waals surface area contributed by atoms with E-state index in [0.29, 0.717) is 38.2 Å². The predicted octanol–water partition coefficient (Wildman–Crippen LogP) is 1.52. The Hall–Kier alpha value is -0.650. The Labute approximate surface area is 124 Å². The van der Waals surface area contributed by atoms with E-state index in [-0.39, 0.29) is 7.33 Å². The fraction of sp³-hybridized carbons (Fsp3) is 0.933. The summed E-state index contributed by atoms with van der Waals surface area (Å²) in [6.45, 7) is 9.04. The number of likely N-dealkylation sites (N-methyl/N-ethyl adjacent to an activating group) is 1. The van der Waals surface area contributed by atoms with Crippen molar-refractivity contribution in [2.75, 3.05) is 46.5 Å². The lowest BCUT2D eigenvalue weighted by Gasteiger charge is -2.35. The van der Waals surface area contributed by atoms with Crippen molar-refractivity contribution in [2.24, 2.45) is 5.92 Å². The molecule has 1 heterocycles. The van der Waals surface area contributed by atoms with Crippen molar-refractivity contribution in [3.63, 3.8) is 0 Å². The van der Waals surface area contributed by atoms with Gasteiger partial charge in [-0.1, -0.05) is 13.8 Å². The van der Waals surface area contributed by atoms with Gasteiger partial charge < -0.3 is 19.7 Å². The molecule has 5 heteroatoms. The van der Waals surface area contributed by atoms with Crippen LogP contribution in [-0.2, 0) is 14.3 Å². The summed E-state index contributed by atoms with van der Waals surface area (Å²) in [5.41, 5.74) is 0. The van der Waals surface area contributed by atoms with Crippen LogP contribution in [0.2, 0.25) is 0 Å². The summed E-state index contributed by atoms with van der Waals surface area (Å²) in [4.78, 5) is 13.7. The number of ether oxygens (including phenoxy) is 2. The first-order valence-electron chi connectivity index (χ1n) is 7.72. The quantitative estimate of drug-likeness (QED) is 0.586. The summed E-state index contributed by atoms with van der Waals surface area (Å²) >= 11 is 0. The highest BCUT2D eigenvalue weighted by atomic mass is 16.5. The third-order valence-corrected chi connectivity index (χ3v) is 3.34. The fourth-order valence-corrected chi connectivity index (χ4v) is 2.01. The molecule has 20 heavy (non-hydrogen) atoms. The van der Waals surface area contributed by atoms with Crippen molar-refractivity contribution in [3.05, 3.63) is 0 Å². The second kappa shape index (κ2) is 10.1. The van der Waals surface area contributed by atoms with Gasteiger partial charge in [0.25, 0.3) is 0 Å². The van der Waals surface area contributed by atoms with Gasteiger partial charge in [0.1, 0.15) is 0 Å². The van der Waals surface area contributed by atoms with Gasteiger partial charge >= 0.3 is 0 Å². The zero-order chi connectivity index (χ0) is 14.8. The molecule has 1 N–H and O–H groups in total. The normalized spacial score (nSPS) is 16.4. The Morgan fingerprint density at radius 2 is 2.10 bits per heavy atom. The molecule has 1 fully saturated rings. The Morgan fingerprint density at radius 1 is 1.35 bits per heavy atom. The first-order valence-corrected chi connectivity index (χ1v) is 7.72. The lowest BCUT2D eigenvalue weighted by molar-refractivity contribution is -0.122. The Balaban J connectivity index is 0.00000400. The van der Waals surface area contributed by atoms with Gasteiger partial charge in [-0.2, -0.15) is 0 Å². The molecule has 1 rings (SSSR count). The van der Waals surface area contributed by atoms with Gasteiger partial charge in [-0.15, -0.1) is 0 Å². The third-order valence-electron chi connectivity index (χ3n) is 3.34. The van der Waals surface area contributed by atoms with Crippen molar-refractivity contribution in [1.82, 2.24) is 10.2 Å². The maximum atomic E-state index is 11.5. The molecule has 0 aliphatic carbocycles. The third kappa shape index (κ3) is 8.51. The first kappa shape index (κ1) is 17.4. The van der Waals surface area contributed by atoms with E-state index in [0.717, 1.165) is 32.5 Å². The highest BCUT2D eigenvalue weighted by Gasteiger charge is 2.23. The van der Waals surface area contributed by atoms with Crippen LogP contribution in [0, 0.1) is 5.92 Å². The van der Waals surface area contributed by atoms with Crippen LogP contribution >= 0.6 is 0 Å². The lowest BCUT2D eigenvalue weighted by atomic mass is 10.1. The molecule has 0 atom stereocenters. The topological polar surface area (TPSA) is 50.8 Å². The molecule has 1 amide bonds. The van der Waals surface area contributed by atoms with E-state index in [4.69, 9.17) is 9.47 Å². The number of rotatable bonds is 11. The molecule has 1 aliphatic rings. The Kier molecular flexibility index (Phi) is 8.82. The van der Waals surface area contributed by atoms with Crippen molar-refractivity contribution < 1.29 is 15.7 Å². The van der Waals surface area contributed by atoms with E-state index >= 15 is 0 Å². The van der Waals surface area contributed by atoms with Crippen LogP contribution in [0.4, 0.5) is 0 Å². The molecule has 1 aliphatic heterocycles. The fourth-order valence-electron chi connectivity index (χ4n) is 2.01. The maximum absolute atomic E-state index is 11.5. The van der Waals surface area contributed by atoms with Gasteiger partial charge in [0.15, 0.2) is 0 Å². The molecule has 0 aromatic heterocycles. The van der Waals surface area contributed by atoms with Gasteiger partial charge in [0, 0.05) is 40.7 Å². The minimum absolute atomic E-state index is 0. The second-order valence-electron chi connectivity index (χ2n) is 5.96. The van der Waals surface area contributed by atoms with Gasteiger partial charge in [-0.25, -0.2) is 0 Å². The van der Waals surface area contributed by atoms with Gasteiger partial charge in [0.05, 0.1) is 12.7 Å². The molecule has 0 aromatic carbocycles. The highest BCUT2D eigenvalue weighted by molar-refractivity contribution is 5.75. The molecular formula is C15H32N2O3. The van der Waals surface area contributed by atoms with Crippen LogP contribution in [0.25, 0.3) is 0 Å². The SMILES string of the molecule is CC(C)CCOCCCC(=O)NCCOC1CN(C)C1.[HH]. The summed E-state index contributed by atoms with van der Waals surface area (Å²) in [7, 11) is 2.07. The van der Waals surface area contributed by atoms with Crippen LogP contribution in [0.1, 0.15) is 34.5 Å². The average Bonchev–Trinajstić information content (AvgIpc) is 2.35. The summed E-state index contributed by atoms with van der Waals surface area (Å²) in [5.74, 6) is 0.764. The second-order valence-corrected chi connectivity index (χ2v) is 5.96. The first-order chi connectivity index (χ1) is 9.58. The minimum atomic E-state index is 0. The predicted molar refractivity (Wildman–Crippen MR) is 81.9 cm³/mol. The molecule has 0 unspecified atom stereocenters. The summed E-state index contributed by atoms with van der Waals surface area (Å²) in [6.07, 6.45) is 2.76. The minimum Gasteiger partial charge on any atom is -0.381 e. The van der Waals surface area contributed by atoms with E-state index in [2.05, 4.69) is 31.1 Å². The summed E-state index contributed by atoms with van der Waals surface area (Å²) in [5, 5.41) is 2.87. The van der Waals surface area contributed by atoms with Crippen LogP contribution < -0.4 is 5.32 Å². The largest absolute Gasteiger partial charge is 0.381 e. The maximum Gasteiger partial charge on any atom is 0.220 e. The molecule has 120 valence electrons. The number of carbonyl (C=O) groups excluding carboxylic acids is 1. The molecule has 0 bridgehead atoms. The zero-order valence-corrected chi connectivity index (χ0v) is 13.2. The van der Waals surface area contributed by atoms with Crippen LogP contribution in [-0.4, -0.2) is 63.4 Å². The lowest BCUT2D eigenvalue weighted by Crippen LogP contribution is -2.50. The van der Waals surface area contributed by atoms with Crippen molar-refractivity contribution in [3.8, 4) is 0 Å². The molecule has 0 spiro atoms.